The lowest BCUT2D eigenvalue weighted by atomic mass is 10.1. The maximum absolute atomic E-state index is 12.7. The summed E-state index contributed by atoms with van der Waals surface area (Å²) in [5.74, 6) is -1.38. The van der Waals surface area contributed by atoms with Crippen molar-refractivity contribution in [3.05, 3.63) is 106 Å². The van der Waals surface area contributed by atoms with E-state index >= 15 is 0 Å². The van der Waals surface area contributed by atoms with E-state index in [1.165, 1.54) is 30.3 Å². The second-order valence-electron chi connectivity index (χ2n) is 8.18. The van der Waals surface area contributed by atoms with Gasteiger partial charge in [-0.25, -0.2) is 0 Å². The Morgan fingerprint density at radius 3 is 2.55 bits per heavy atom. The number of nitrogens with zero attached hydrogens (tertiary/aromatic N) is 1. The van der Waals surface area contributed by atoms with Gasteiger partial charge in [0.05, 0.1) is 17.6 Å². The maximum Gasteiger partial charge on any atom is 0.266 e. The highest BCUT2D eigenvalue weighted by molar-refractivity contribution is 6.32. The fraction of sp³-hybridized carbons (Fsp3) is 0.100. The largest absolute Gasteiger partial charge is 0.545 e. The summed E-state index contributed by atoms with van der Waals surface area (Å²) in [5.41, 5.74) is 1.33. The van der Waals surface area contributed by atoms with Crippen LogP contribution in [0, 0.1) is 11.3 Å². The number of benzene rings is 4. The van der Waals surface area contributed by atoms with Crippen LogP contribution in [0.2, 0.25) is 5.02 Å². The standard InChI is InChI=1S/C30H23ClN2O5/c1-2-37-27-15-19(13-23(17-32)29(34)33-24-11-6-9-21(16-24)30(35)36)14-26(31)28(27)38-18-22-10-5-8-20-7-3-4-12-25(20)22/h3-16H,2,18H2,1H3,(H,33,34)(H,35,36)/p-1/b23-13+. The van der Waals surface area contributed by atoms with Crippen LogP contribution >= 0.6 is 11.6 Å². The van der Waals surface area contributed by atoms with Gasteiger partial charge < -0.3 is 24.7 Å². The number of carboxylic acid groups (broad SMARTS) is 1. The molecule has 0 aliphatic rings. The quantitative estimate of drug-likeness (QED) is 0.232. The van der Waals surface area contributed by atoms with Crippen LogP contribution in [0.4, 0.5) is 5.69 Å². The normalized spacial score (nSPS) is 11.0. The van der Waals surface area contributed by atoms with Crippen molar-refractivity contribution < 1.29 is 24.2 Å². The summed E-state index contributed by atoms with van der Waals surface area (Å²) in [4.78, 5) is 23.8. The number of carbonyl (C=O) groups is 2. The molecule has 0 heterocycles. The van der Waals surface area contributed by atoms with Crippen LogP contribution in [-0.4, -0.2) is 18.5 Å². The summed E-state index contributed by atoms with van der Waals surface area (Å²) in [5, 5.41) is 25.6. The Bertz CT molecular complexity index is 1580. The Kier molecular flexibility index (Phi) is 8.27. The zero-order chi connectivity index (χ0) is 27.1. The number of nitrogens with one attached hydrogen (secondary N) is 1. The number of aromatic carboxylic acids is 1. The van der Waals surface area contributed by atoms with Gasteiger partial charge >= 0.3 is 0 Å². The molecule has 0 saturated carbocycles. The third kappa shape index (κ3) is 6.12. The van der Waals surface area contributed by atoms with Gasteiger partial charge in [0.1, 0.15) is 18.2 Å². The van der Waals surface area contributed by atoms with Gasteiger partial charge in [-0.3, -0.25) is 4.79 Å². The van der Waals surface area contributed by atoms with Crippen LogP contribution in [0.3, 0.4) is 0 Å². The number of carboxylic acids is 1. The first-order valence-corrected chi connectivity index (χ1v) is 12.1. The Balaban J connectivity index is 1.58. The summed E-state index contributed by atoms with van der Waals surface area (Å²) in [6.45, 7) is 2.42. The molecule has 1 N–H and O–H groups in total. The van der Waals surface area contributed by atoms with Crippen molar-refractivity contribution in [3.63, 3.8) is 0 Å². The highest BCUT2D eigenvalue weighted by Gasteiger charge is 2.16. The van der Waals surface area contributed by atoms with E-state index in [2.05, 4.69) is 5.32 Å². The van der Waals surface area contributed by atoms with Gasteiger partial charge in [0.2, 0.25) is 0 Å². The van der Waals surface area contributed by atoms with Crippen LogP contribution < -0.4 is 19.9 Å². The van der Waals surface area contributed by atoms with Crippen molar-refractivity contribution in [1.29, 1.82) is 5.26 Å². The van der Waals surface area contributed by atoms with E-state index < -0.39 is 11.9 Å². The third-order valence-electron chi connectivity index (χ3n) is 5.62. The van der Waals surface area contributed by atoms with Gasteiger partial charge in [0, 0.05) is 5.69 Å². The van der Waals surface area contributed by atoms with Crippen molar-refractivity contribution in [2.24, 2.45) is 0 Å². The van der Waals surface area contributed by atoms with E-state index in [0.29, 0.717) is 23.7 Å². The van der Waals surface area contributed by atoms with Crippen molar-refractivity contribution in [3.8, 4) is 17.6 Å². The number of carbonyl (C=O) groups excluding carboxylic acids is 2. The van der Waals surface area contributed by atoms with Crippen LogP contribution in [0.25, 0.3) is 16.8 Å². The lowest BCUT2D eigenvalue weighted by Crippen LogP contribution is -2.22. The van der Waals surface area contributed by atoms with Crippen molar-refractivity contribution >= 4 is 46.0 Å². The smallest absolute Gasteiger partial charge is 0.266 e. The summed E-state index contributed by atoms with van der Waals surface area (Å²) in [6.07, 6.45) is 1.36. The van der Waals surface area contributed by atoms with E-state index in [9.17, 15) is 20.0 Å². The minimum absolute atomic E-state index is 0.0995. The third-order valence-corrected chi connectivity index (χ3v) is 5.90. The molecule has 0 aliphatic heterocycles. The van der Waals surface area contributed by atoms with Crippen LogP contribution in [0.1, 0.15) is 28.4 Å². The summed E-state index contributed by atoms with van der Waals surface area (Å²) < 4.78 is 11.8. The van der Waals surface area contributed by atoms with E-state index in [1.807, 2.05) is 55.5 Å². The summed E-state index contributed by atoms with van der Waals surface area (Å²) in [7, 11) is 0. The van der Waals surface area contributed by atoms with Gasteiger partial charge in [-0.1, -0.05) is 66.2 Å². The molecular weight excluding hydrogens is 504 g/mol. The highest BCUT2D eigenvalue weighted by Crippen LogP contribution is 2.38. The molecule has 0 radical (unpaired) electrons. The molecule has 0 unspecified atom stereocenters. The SMILES string of the molecule is CCOc1cc(/C=C(\C#N)C(=O)Nc2cccc(C(=O)[O-])c2)cc(Cl)c1OCc1cccc2ccccc12. The number of rotatable bonds is 9. The molecule has 8 heteroatoms. The summed E-state index contributed by atoms with van der Waals surface area (Å²) >= 11 is 6.56. The second-order valence-corrected chi connectivity index (χ2v) is 8.59. The van der Waals surface area contributed by atoms with Crippen molar-refractivity contribution in [2.75, 3.05) is 11.9 Å². The van der Waals surface area contributed by atoms with Crippen molar-refractivity contribution in [1.82, 2.24) is 0 Å². The number of amides is 1. The van der Waals surface area contributed by atoms with Crippen LogP contribution in [-0.2, 0) is 11.4 Å². The molecule has 0 saturated heterocycles. The molecule has 0 spiro atoms. The Hall–Kier alpha value is -4.80. The lowest BCUT2D eigenvalue weighted by Gasteiger charge is -2.15. The molecule has 4 aromatic rings. The molecule has 0 aromatic heterocycles. The molecule has 0 aliphatic carbocycles. The highest BCUT2D eigenvalue weighted by atomic mass is 35.5. The minimum Gasteiger partial charge on any atom is -0.545 e. The Morgan fingerprint density at radius 2 is 1.79 bits per heavy atom. The zero-order valence-electron chi connectivity index (χ0n) is 20.4. The maximum atomic E-state index is 12.7. The van der Waals surface area contributed by atoms with Gasteiger partial charge in [0.25, 0.3) is 5.91 Å². The number of fused-ring (bicyclic) bond motifs is 1. The number of anilines is 1. The molecule has 38 heavy (non-hydrogen) atoms. The molecule has 190 valence electrons. The van der Waals surface area contributed by atoms with E-state index in [1.54, 1.807) is 12.1 Å². The van der Waals surface area contributed by atoms with E-state index in [4.69, 9.17) is 21.1 Å². The predicted molar refractivity (Wildman–Crippen MR) is 144 cm³/mol. The fourth-order valence-corrected chi connectivity index (χ4v) is 4.15. The molecule has 0 fully saturated rings. The lowest BCUT2D eigenvalue weighted by molar-refractivity contribution is -0.255. The Labute approximate surface area is 224 Å². The molecule has 4 aromatic carbocycles. The average molecular weight is 526 g/mol. The molecule has 0 bridgehead atoms. The van der Waals surface area contributed by atoms with Crippen LogP contribution in [0.5, 0.6) is 11.5 Å². The van der Waals surface area contributed by atoms with E-state index in [-0.39, 0.29) is 28.5 Å². The first-order valence-electron chi connectivity index (χ1n) is 11.7. The van der Waals surface area contributed by atoms with Gasteiger partial charge in [-0.15, -0.1) is 0 Å². The number of nitriles is 1. The molecule has 1 amide bonds. The molecule has 4 rings (SSSR count). The minimum atomic E-state index is -1.38. The van der Waals surface area contributed by atoms with Gasteiger partial charge in [0.15, 0.2) is 11.5 Å². The van der Waals surface area contributed by atoms with Crippen LogP contribution in [0.15, 0.2) is 84.4 Å². The fourth-order valence-electron chi connectivity index (χ4n) is 3.88. The molecule has 7 nitrogen and oxygen atoms in total. The predicted octanol–water partition coefficient (Wildman–Crippen LogP) is 5.38. The monoisotopic (exact) mass is 525 g/mol. The molecular formula is C30H22ClN2O5-. The summed E-state index contributed by atoms with van der Waals surface area (Å²) in [6, 6.07) is 24.6. The van der Waals surface area contributed by atoms with Gasteiger partial charge in [-0.05, 0) is 64.7 Å². The number of hydrogen-bond donors (Lipinski definition) is 1. The van der Waals surface area contributed by atoms with Crippen molar-refractivity contribution in [2.45, 2.75) is 13.5 Å². The number of ether oxygens (including phenoxy) is 2. The average Bonchev–Trinajstić information content (AvgIpc) is 2.91. The first kappa shape index (κ1) is 26.3. The Morgan fingerprint density at radius 1 is 1.03 bits per heavy atom. The second kappa shape index (κ2) is 12.0. The number of halogens is 1. The number of hydrogen-bond acceptors (Lipinski definition) is 6. The zero-order valence-corrected chi connectivity index (χ0v) is 21.1. The topological polar surface area (TPSA) is 111 Å². The van der Waals surface area contributed by atoms with E-state index in [0.717, 1.165) is 16.3 Å². The molecule has 0 atom stereocenters. The van der Waals surface area contributed by atoms with Gasteiger partial charge in [-0.2, -0.15) is 5.26 Å². The first-order chi connectivity index (χ1) is 18.4.